The first-order valence-corrected chi connectivity index (χ1v) is 11.9. The van der Waals surface area contributed by atoms with Crippen molar-refractivity contribution in [3.05, 3.63) is 0 Å². The third-order valence-electron chi connectivity index (χ3n) is 9.29. The van der Waals surface area contributed by atoms with Gasteiger partial charge in [-0.15, -0.1) is 0 Å². The second-order valence-electron chi connectivity index (χ2n) is 11.4. The molecule has 3 aliphatic rings. The zero-order valence-electron chi connectivity index (χ0n) is 18.6. The third-order valence-corrected chi connectivity index (χ3v) is 9.29. The van der Waals surface area contributed by atoms with E-state index in [9.17, 15) is 9.90 Å². The number of Topliss-reactive ketones (excluding diaryl/α,β-unsaturated/α-hetero) is 1. The van der Waals surface area contributed by atoms with Crippen molar-refractivity contribution in [2.24, 2.45) is 40.4 Å². The lowest BCUT2D eigenvalue weighted by molar-refractivity contribution is -0.140. The molecule has 0 aromatic carbocycles. The topological polar surface area (TPSA) is 37.3 Å². The summed E-state index contributed by atoms with van der Waals surface area (Å²) in [6, 6.07) is 0. The molecule has 0 aromatic heterocycles. The van der Waals surface area contributed by atoms with Gasteiger partial charge in [0.25, 0.3) is 0 Å². The van der Waals surface area contributed by atoms with Crippen LogP contribution in [0, 0.1) is 40.4 Å². The van der Waals surface area contributed by atoms with Crippen LogP contribution in [0.4, 0.5) is 0 Å². The lowest BCUT2D eigenvalue weighted by atomic mass is 9.54. The van der Waals surface area contributed by atoms with Crippen LogP contribution in [-0.2, 0) is 4.79 Å². The van der Waals surface area contributed by atoms with Gasteiger partial charge in [0.05, 0.1) is 6.10 Å². The Labute approximate surface area is 167 Å². The van der Waals surface area contributed by atoms with Gasteiger partial charge in [-0.2, -0.15) is 0 Å². The maximum atomic E-state index is 12.8. The Hall–Kier alpha value is -0.370. The number of aliphatic hydroxyl groups excluding tert-OH is 1. The van der Waals surface area contributed by atoms with Gasteiger partial charge in [0.15, 0.2) is 0 Å². The fraction of sp³-hybridized carbons (Fsp3) is 0.960. The van der Waals surface area contributed by atoms with E-state index in [0.717, 1.165) is 36.5 Å². The minimum Gasteiger partial charge on any atom is -0.393 e. The Morgan fingerprint density at radius 2 is 1.74 bits per heavy atom. The molecule has 0 aliphatic heterocycles. The molecule has 3 saturated carbocycles. The summed E-state index contributed by atoms with van der Waals surface area (Å²) in [7, 11) is 0. The molecule has 0 aromatic rings. The Morgan fingerprint density at radius 3 is 2.41 bits per heavy atom. The summed E-state index contributed by atoms with van der Waals surface area (Å²) in [6.45, 7) is 12.0. The van der Waals surface area contributed by atoms with E-state index in [-0.39, 0.29) is 11.5 Å². The lowest BCUT2D eigenvalue weighted by Crippen LogP contribution is -2.47. The third kappa shape index (κ3) is 4.16. The van der Waals surface area contributed by atoms with E-state index < -0.39 is 0 Å². The smallest absolute Gasteiger partial charge is 0.141 e. The molecular weight excluding hydrogens is 332 g/mol. The van der Waals surface area contributed by atoms with Crippen LogP contribution in [-0.4, -0.2) is 17.0 Å². The van der Waals surface area contributed by atoms with Crippen molar-refractivity contribution >= 4 is 5.78 Å². The molecule has 156 valence electrons. The van der Waals surface area contributed by atoms with Crippen molar-refractivity contribution in [3.8, 4) is 0 Å². The van der Waals surface area contributed by atoms with Crippen molar-refractivity contribution in [1.29, 1.82) is 0 Å². The molecule has 0 saturated heterocycles. The molecule has 0 heterocycles. The summed E-state index contributed by atoms with van der Waals surface area (Å²) in [6.07, 6.45) is 12.4. The predicted molar refractivity (Wildman–Crippen MR) is 112 cm³/mol. The molecular formula is C25H44O2. The van der Waals surface area contributed by atoms with Crippen LogP contribution in [0.25, 0.3) is 0 Å². The van der Waals surface area contributed by atoms with E-state index in [1.165, 1.54) is 51.4 Å². The van der Waals surface area contributed by atoms with Gasteiger partial charge in [0, 0.05) is 11.8 Å². The van der Waals surface area contributed by atoms with Crippen molar-refractivity contribution < 1.29 is 9.90 Å². The molecule has 2 heteroatoms. The number of rotatable bonds is 6. The monoisotopic (exact) mass is 376 g/mol. The standard InChI is InChI=1S/C25H44O2/c1-17(2)7-6-8-18(3)22-10-9-19-15-20(11-13-24(19,22)4)25(5)14-12-21(26)16-23(25)27/h17-22,26H,6-16H2,1-5H3/t18-,19?,20?,21+,22-,24+,25-/m1/s1. The van der Waals surface area contributed by atoms with Gasteiger partial charge in [-0.1, -0.05) is 53.9 Å². The van der Waals surface area contributed by atoms with E-state index >= 15 is 0 Å². The first kappa shape index (κ1) is 21.3. The van der Waals surface area contributed by atoms with Gasteiger partial charge in [-0.25, -0.2) is 0 Å². The summed E-state index contributed by atoms with van der Waals surface area (Å²) in [5, 5.41) is 9.88. The van der Waals surface area contributed by atoms with Crippen LogP contribution in [0.15, 0.2) is 0 Å². The number of hydrogen-bond acceptors (Lipinski definition) is 2. The molecule has 27 heavy (non-hydrogen) atoms. The Kier molecular flexibility index (Phi) is 6.46. The van der Waals surface area contributed by atoms with Crippen molar-refractivity contribution in [2.75, 3.05) is 0 Å². The normalized spacial score (nSPS) is 43.7. The van der Waals surface area contributed by atoms with Crippen LogP contribution in [0.1, 0.15) is 105 Å². The lowest BCUT2D eigenvalue weighted by Gasteiger charge is -2.50. The zero-order valence-corrected chi connectivity index (χ0v) is 18.6. The van der Waals surface area contributed by atoms with Gasteiger partial charge in [0.1, 0.15) is 5.78 Å². The zero-order chi connectivity index (χ0) is 19.8. The molecule has 2 unspecified atom stereocenters. The van der Waals surface area contributed by atoms with Gasteiger partial charge in [0.2, 0.25) is 0 Å². The molecule has 3 rings (SSSR count). The minimum atomic E-state index is -0.387. The van der Waals surface area contributed by atoms with Crippen molar-refractivity contribution in [1.82, 2.24) is 0 Å². The predicted octanol–water partition coefficient (Wildman–Crippen LogP) is 6.40. The number of ketones is 1. The Morgan fingerprint density at radius 1 is 1.00 bits per heavy atom. The molecule has 3 fully saturated rings. The highest BCUT2D eigenvalue weighted by Gasteiger charge is 2.54. The van der Waals surface area contributed by atoms with Crippen LogP contribution in [0.5, 0.6) is 0 Å². The van der Waals surface area contributed by atoms with Crippen molar-refractivity contribution in [2.45, 2.75) is 111 Å². The van der Waals surface area contributed by atoms with Gasteiger partial charge in [-0.3, -0.25) is 4.79 Å². The molecule has 7 atom stereocenters. The second kappa shape index (κ2) is 8.17. The van der Waals surface area contributed by atoms with Gasteiger partial charge < -0.3 is 5.11 Å². The molecule has 1 N–H and O–H groups in total. The quantitative estimate of drug-likeness (QED) is 0.582. The summed E-state index contributed by atoms with van der Waals surface area (Å²) in [5.41, 5.74) is 0.336. The average Bonchev–Trinajstić information content (AvgIpc) is 2.94. The first-order chi connectivity index (χ1) is 12.7. The fourth-order valence-corrected chi connectivity index (χ4v) is 7.22. The van der Waals surface area contributed by atoms with Crippen LogP contribution < -0.4 is 0 Å². The van der Waals surface area contributed by atoms with E-state index in [2.05, 4.69) is 34.6 Å². The van der Waals surface area contributed by atoms with Crippen molar-refractivity contribution in [3.63, 3.8) is 0 Å². The van der Waals surface area contributed by atoms with E-state index in [4.69, 9.17) is 0 Å². The highest BCUT2D eigenvalue weighted by molar-refractivity contribution is 5.86. The van der Waals surface area contributed by atoms with E-state index in [1.807, 2.05) is 0 Å². The van der Waals surface area contributed by atoms with E-state index in [0.29, 0.717) is 23.5 Å². The molecule has 2 nitrogen and oxygen atoms in total. The fourth-order valence-electron chi connectivity index (χ4n) is 7.22. The maximum absolute atomic E-state index is 12.8. The summed E-state index contributed by atoms with van der Waals surface area (Å²) >= 11 is 0. The van der Waals surface area contributed by atoms with E-state index in [1.54, 1.807) is 0 Å². The maximum Gasteiger partial charge on any atom is 0.141 e. The molecule has 0 bridgehead atoms. The van der Waals surface area contributed by atoms with Gasteiger partial charge in [-0.05, 0) is 80.0 Å². The SMILES string of the molecule is CC(C)CCC[C@@H](C)[C@H]1CCC2CC([C@@]3(C)CC[C@H](O)CC3=O)CC[C@@]21C. The summed E-state index contributed by atoms with van der Waals surface area (Å²) < 4.78 is 0. The molecule has 0 radical (unpaired) electrons. The highest BCUT2D eigenvalue weighted by Crippen LogP contribution is 2.62. The second-order valence-corrected chi connectivity index (χ2v) is 11.4. The molecule has 0 amide bonds. The highest BCUT2D eigenvalue weighted by atomic mass is 16.3. The average molecular weight is 377 g/mol. The number of aliphatic hydroxyl groups is 1. The first-order valence-electron chi connectivity index (χ1n) is 11.9. The number of hydrogen-bond donors (Lipinski definition) is 1. The number of carbonyl (C=O) groups excluding carboxylic acids is 1. The molecule has 3 aliphatic carbocycles. The van der Waals surface area contributed by atoms with Gasteiger partial charge >= 0.3 is 0 Å². The number of fused-ring (bicyclic) bond motifs is 1. The summed E-state index contributed by atoms with van der Waals surface area (Å²) in [5.74, 6) is 4.25. The summed E-state index contributed by atoms with van der Waals surface area (Å²) in [4.78, 5) is 12.8. The van der Waals surface area contributed by atoms with Crippen LogP contribution >= 0.6 is 0 Å². The molecule has 0 spiro atoms. The number of carbonyl (C=O) groups is 1. The minimum absolute atomic E-state index is 0.165. The Bertz CT molecular complexity index is 526. The van der Waals surface area contributed by atoms with Crippen LogP contribution in [0.2, 0.25) is 0 Å². The Balaban J connectivity index is 1.62. The van der Waals surface area contributed by atoms with Crippen LogP contribution in [0.3, 0.4) is 0 Å². The largest absolute Gasteiger partial charge is 0.393 e.